The van der Waals surface area contributed by atoms with Gasteiger partial charge in [-0.2, -0.15) is 0 Å². The zero-order valence-electron chi connectivity index (χ0n) is 10.2. The summed E-state index contributed by atoms with van der Waals surface area (Å²) in [5.74, 6) is 1.83. The van der Waals surface area contributed by atoms with Crippen LogP contribution in [0.25, 0.3) is 0 Å². The Labute approximate surface area is 120 Å². The van der Waals surface area contributed by atoms with Gasteiger partial charge in [0.05, 0.1) is 12.0 Å². The second kappa shape index (κ2) is 6.45. The maximum absolute atomic E-state index is 6.09. The molecule has 2 rings (SSSR count). The number of benzene rings is 1. The standard InChI is InChI=1S/C14H16BrNOS/c1-10(16)14(11-4-2-5-12(15)8-11)18-9-13-6-3-7-17-13/h2-8,10,14H,9,16H2,1H3. The van der Waals surface area contributed by atoms with Gasteiger partial charge in [0.15, 0.2) is 0 Å². The summed E-state index contributed by atoms with van der Waals surface area (Å²) in [5, 5.41) is 0.271. The van der Waals surface area contributed by atoms with Crippen LogP contribution in [0.15, 0.2) is 51.6 Å². The van der Waals surface area contributed by atoms with Crippen LogP contribution < -0.4 is 5.73 Å². The second-order valence-corrected chi connectivity index (χ2v) is 6.27. The molecule has 0 fully saturated rings. The van der Waals surface area contributed by atoms with Crippen molar-refractivity contribution >= 4 is 27.7 Å². The minimum Gasteiger partial charge on any atom is -0.468 e. The minimum atomic E-state index is 0.0965. The van der Waals surface area contributed by atoms with Gasteiger partial charge >= 0.3 is 0 Å². The summed E-state index contributed by atoms with van der Waals surface area (Å²) in [4.78, 5) is 0. The molecule has 0 amide bonds. The molecule has 1 aromatic carbocycles. The Hall–Kier alpha value is -0.710. The highest BCUT2D eigenvalue weighted by Gasteiger charge is 2.17. The molecule has 2 atom stereocenters. The quantitative estimate of drug-likeness (QED) is 0.887. The highest BCUT2D eigenvalue weighted by Crippen LogP contribution is 2.34. The molecule has 0 bridgehead atoms. The van der Waals surface area contributed by atoms with E-state index in [0.717, 1.165) is 16.0 Å². The van der Waals surface area contributed by atoms with Crippen molar-refractivity contribution in [3.8, 4) is 0 Å². The molecule has 4 heteroatoms. The molecule has 1 heterocycles. The maximum atomic E-state index is 6.09. The number of hydrogen-bond donors (Lipinski definition) is 1. The fraction of sp³-hybridized carbons (Fsp3) is 0.286. The lowest BCUT2D eigenvalue weighted by Gasteiger charge is -2.20. The van der Waals surface area contributed by atoms with Crippen LogP contribution >= 0.6 is 27.7 Å². The first-order valence-electron chi connectivity index (χ1n) is 5.82. The highest BCUT2D eigenvalue weighted by atomic mass is 79.9. The fourth-order valence-corrected chi connectivity index (χ4v) is 3.37. The first-order valence-corrected chi connectivity index (χ1v) is 7.66. The van der Waals surface area contributed by atoms with E-state index >= 15 is 0 Å². The second-order valence-electron chi connectivity index (χ2n) is 4.23. The van der Waals surface area contributed by atoms with Crippen molar-refractivity contribution in [3.63, 3.8) is 0 Å². The topological polar surface area (TPSA) is 39.2 Å². The van der Waals surface area contributed by atoms with Gasteiger partial charge in [0.1, 0.15) is 5.76 Å². The molecular weight excluding hydrogens is 310 g/mol. The molecule has 0 aliphatic carbocycles. The molecule has 0 radical (unpaired) electrons. The van der Waals surface area contributed by atoms with Gasteiger partial charge < -0.3 is 10.2 Å². The van der Waals surface area contributed by atoms with E-state index in [1.54, 1.807) is 6.26 Å². The van der Waals surface area contributed by atoms with Crippen molar-refractivity contribution in [2.45, 2.75) is 24.0 Å². The van der Waals surface area contributed by atoms with Crippen molar-refractivity contribution in [2.75, 3.05) is 0 Å². The monoisotopic (exact) mass is 325 g/mol. The van der Waals surface area contributed by atoms with Crippen LogP contribution in [-0.4, -0.2) is 6.04 Å². The van der Waals surface area contributed by atoms with Gasteiger partial charge in [0.25, 0.3) is 0 Å². The number of furan rings is 1. The summed E-state index contributed by atoms with van der Waals surface area (Å²) in [7, 11) is 0. The summed E-state index contributed by atoms with van der Waals surface area (Å²) in [6.45, 7) is 2.04. The van der Waals surface area contributed by atoms with Crippen molar-refractivity contribution < 1.29 is 4.42 Å². The van der Waals surface area contributed by atoms with Gasteiger partial charge in [-0.15, -0.1) is 11.8 Å². The van der Waals surface area contributed by atoms with Crippen LogP contribution in [0.5, 0.6) is 0 Å². The van der Waals surface area contributed by atoms with E-state index in [9.17, 15) is 0 Å². The predicted molar refractivity (Wildman–Crippen MR) is 80.5 cm³/mol. The molecule has 96 valence electrons. The highest BCUT2D eigenvalue weighted by molar-refractivity contribution is 9.10. The van der Waals surface area contributed by atoms with Crippen LogP contribution in [-0.2, 0) is 5.75 Å². The summed E-state index contributed by atoms with van der Waals surface area (Å²) in [6, 6.07) is 12.3. The largest absolute Gasteiger partial charge is 0.468 e. The van der Waals surface area contributed by atoms with E-state index in [1.165, 1.54) is 5.56 Å². The van der Waals surface area contributed by atoms with Crippen molar-refractivity contribution in [3.05, 3.63) is 58.5 Å². The Morgan fingerprint density at radius 1 is 1.33 bits per heavy atom. The lowest BCUT2D eigenvalue weighted by Crippen LogP contribution is -2.22. The Kier molecular flexibility index (Phi) is 4.92. The van der Waals surface area contributed by atoms with Crippen molar-refractivity contribution in [1.29, 1.82) is 0 Å². The lowest BCUT2D eigenvalue weighted by molar-refractivity contribution is 0.530. The first-order chi connectivity index (χ1) is 8.66. The average molecular weight is 326 g/mol. The molecule has 0 saturated carbocycles. The number of nitrogens with two attached hydrogens (primary N) is 1. The maximum Gasteiger partial charge on any atom is 0.113 e. The van der Waals surface area contributed by atoms with Gasteiger partial charge in [0, 0.05) is 15.8 Å². The molecule has 2 aromatic rings. The van der Waals surface area contributed by atoms with E-state index in [-0.39, 0.29) is 11.3 Å². The molecule has 18 heavy (non-hydrogen) atoms. The lowest BCUT2D eigenvalue weighted by atomic mass is 10.1. The average Bonchev–Trinajstić information content (AvgIpc) is 2.82. The van der Waals surface area contributed by atoms with E-state index < -0.39 is 0 Å². The van der Waals surface area contributed by atoms with Gasteiger partial charge in [0.2, 0.25) is 0 Å². The fourth-order valence-electron chi connectivity index (χ4n) is 1.80. The smallest absolute Gasteiger partial charge is 0.113 e. The van der Waals surface area contributed by atoms with Crippen LogP contribution in [0.3, 0.4) is 0 Å². The van der Waals surface area contributed by atoms with Crippen LogP contribution in [0.2, 0.25) is 0 Å². The van der Waals surface area contributed by atoms with Gasteiger partial charge in [-0.1, -0.05) is 28.1 Å². The van der Waals surface area contributed by atoms with Crippen molar-refractivity contribution in [2.24, 2.45) is 5.73 Å². The molecule has 0 saturated heterocycles. The Morgan fingerprint density at radius 3 is 2.78 bits per heavy atom. The zero-order chi connectivity index (χ0) is 13.0. The molecule has 0 spiro atoms. The van der Waals surface area contributed by atoms with Crippen LogP contribution in [0.1, 0.15) is 23.5 Å². The molecular formula is C14H16BrNOS. The van der Waals surface area contributed by atoms with Gasteiger partial charge in [-0.05, 0) is 36.8 Å². The molecule has 2 unspecified atom stereocenters. The third-order valence-corrected chi connectivity index (χ3v) is 4.65. The van der Waals surface area contributed by atoms with E-state index in [2.05, 4.69) is 28.1 Å². The zero-order valence-corrected chi connectivity index (χ0v) is 12.6. The number of halogens is 1. The minimum absolute atomic E-state index is 0.0965. The van der Waals surface area contributed by atoms with Gasteiger partial charge in [-0.3, -0.25) is 0 Å². The summed E-state index contributed by atoms with van der Waals surface area (Å²) in [6.07, 6.45) is 1.70. The summed E-state index contributed by atoms with van der Waals surface area (Å²) >= 11 is 5.31. The van der Waals surface area contributed by atoms with E-state index in [1.807, 2.05) is 43.0 Å². The van der Waals surface area contributed by atoms with E-state index in [0.29, 0.717) is 0 Å². The normalized spacial score (nSPS) is 14.4. The Morgan fingerprint density at radius 2 is 2.17 bits per heavy atom. The number of thioether (sulfide) groups is 1. The molecule has 1 aromatic heterocycles. The predicted octanol–water partition coefficient (Wildman–Crippen LogP) is 4.36. The summed E-state index contributed by atoms with van der Waals surface area (Å²) in [5.41, 5.74) is 7.34. The summed E-state index contributed by atoms with van der Waals surface area (Å²) < 4.78 is 6.44. The number of rotatable bonds is 5. The van der Waals surface area contributed by atoms with E-state index in [4.69, 9.17) is 10.2 Å². The third kappa shape index (κ3) is 3.64. The van der Waals surface area contributed by atoms with Crippen molar-refractivity contribution in [1.82, 2.24) is 0 Å². The molecule has 2 N–H and O–H groups in total. The number of hydrogen-bond acceptors (Lipinski definition) is 3. The SMILES string of the molecule is CC(N)C(SCc1ccco1)c1cccc(Br)c1. The van der Waals surface area contributed by atoms with Crippen LogP contribution in [0, 0.1) is 0 Å². The molecule has 0 aliphatic rings. The van der Waals surface area contributed by atoms with Crippen LogP contribution in [0.4, 0.5) is 0 Å². The first kappa shape index (κ1) is 13.7. The Balaban J connectivity index is 2.08. The molecule has 2 nitrogen and oxygen atoms in total. The van der Waals surface area contributed by atoms with Gasteiger partial charge in [-0.25, -0.2) is 0 Å². The molecule has 0 aliphatic heterocycles. The third-order valence-electron chi connectivity index (χ3n) is 2.64. The Bertz CT molecular complexity index is 484.